The Bertz CT molecular complexity index is 1480. The summed E-state index contributed by atoms with van der Waals surface area (Å²) in [6.07, 6.45) is -0.209. The monoisotopic (exact) mass is 521 g/mol. The van der Waals surface area contributed by atoms with Crippen molar-refractivity contribution in [3.63, 3.8) is 0 Å². The molecule has 3 N–H and O–H groups in total. The fourth-order valence-electron chi connectivity index (χ4n) is 3.49. The second-order valence-electron chi connectivity index (χ2n) is 7.93. The molecule has 1 saturated heterocycles. The first-order chi connectivity index (χ1) is 17.8. The molecule has 188 valence electrons. The van der Waals surface area contributed by atoms with Gasteiger partial charge in [0.05, 0.1) is 0 Å². The van der Waals surface area contributed by atoms with Crippen molar-refractivity contribution in [2.45, 2.75) is 19.4 Å². The van der Waals surface area contributed by atoms with Gasteiger partial charge in [-0.15, -0.1) is 21.5 Å². The third-order valence-electron chi connectivity index (χ3n) is 5.23. The summed E-state index contributed by atoms with van der Waals surface area (Å²) in [5.41, 5.74) is 0.699. The Morgan fingerprint density at radius 1 is 1.14 bits per heavy atom. The number of ether oxygens (including phenoxy) is 2. The molecule has 37 heavy (non-hydrogen) atoms. The molecule has 4 aromatic rings. The Morgan fingerprint density at radius 3 is 2.57 bits per heavy atom. The van der Waals surface area contributed by atoms with E-state index < -0.39 is 18.0 Å². The number of rotatable bonds is 8. The summed E-state index contributed by atoms with van der Waals surface area (Å²) >= 11 is 0.983. The van der Waals surface area contributed by atoms with Crippen molar-refractivity contribution in [3.05, 3.63) is 65.0 Å². The van der Waals surface area contributed by atoms with Crippen molar-refractivity contribution < 1.29 is 33.4 Å². The Labute approximate surface area is 213 Å². The molecule has 1 atom stereocenters. The topological polar surface area (TPSA) is 166 Å². The number of anilines is 1. The van der Waals surface area contributed by atoms with Crippen molar-refractivity contribution >= 4 is 34.3 Å². The van der Waals surface area contributed by atoms with Crippen LogP contribution in [0.5, 0.6) is 17.2 Å². The molecular weight excluding hydrogens is 502 g/mol. The normalized spacial score (nSPS) is 14.7. The predicted molar refractivity (Wildman–Crippen MR) is 130 cm³/mol. The van der Waals surface area contributed by atoms with Crippen molar-refractivity contribution in [1.82, 2.24) is 20.5 Å². The van der Waals surface area contributed by atoms with Gasteiger partial charge in [0.25, 0.3) is 11.8 Å². The third-order valence-corrected chi connectivity index (χ3v) is 5.98. The van der Waals surface area contributed by atoms with Crippen LogP contribution in [0.1, 0.15) is 33.2 Å². The summed E-state index contributed by atoms with van der Waals surface area (Å²) in [5, 5.41) is 23.6. The van der Waals surface area contributed by atoms with E-state index in [0.29, 0.717) is 36.1 Å². The van der Waals surface area contributed by atoms with Crippen LogP contribution >= 0.6 is 11.3 Å². The lowest BCUT2D eigenvalue weighted by Gasteiger charge is -2.14. The van der Waals surface area contributed by atoms with E-state index in [-0.39, 0.29) is 33.8 Å². The van der Waals surface area contributed by atoms with E-state index in [0.717, 1.165) is 11.3 Å². The summed E-state index contributed by atoms with van der Waals surface area (Å²) in [7, 11) is 0. The number of benzene rings is 2. The largest absolute Gasteiger partial charge is 0.480 e. The van der Waals surface area contributed by atoms with Crippen molar-refractivity contribution in [2.24, 2.45) is 0 Å². The number of carboxylic acids is 1. The highest BCUT2D eigenvalue weighted by molar-refractivity contribution is 7.14. The van der Waals surface area contributed by atoms with Gasteiger partial charge in [-0.2, -0.15) is 0 Å². The maximum atomic E-state index is 12.9. The van der Waals surface area contributed by atoms with Gasteiger partial charge in [-0.05, 0) is 36.4 Å². The van der Waals surface area contributed by atoms with Crippen molar-refractivity contribution in [2.75, 3.05) is 11.9 Å². The van der Waals surface area contributed by atoms with Crippen LogP contribution in [0.3, 0.4) is 0 Å². The molecule has 13 heteroatoms. The van der Waals surface area contributed by atoms with Crippen LogP contribution in [-0.2, 0) is 4.79 Å². The van der Waals surface area contributed by atoms with E-state index >= 15 is 0 Å². The fraction of sp³-hybridized carbons (Fsp3) is 0.167. The molecule has 1 aliphatic rings. The van der Waals surface area contributed by atoms with E-state index in [9.17, 15) is 14.4 Å². The summed E-state index contributed by atoms with van der Waals surface area (Å²) < 4.78 is 17.2. The number of aromatic nitrogens is 3. The molecule has 0 bridgehead atoms. The van der Waals surface area contributed by atoms with E-state index in [1.165, 1.54) is 17.5 Å². The number of carbonyl (C=O) groups is 3. The van der Waals surface area contributed by atoms with Crippen LogP contribution in [0.15, 0.2) is 52.3 Å². The number of aryl methyl sites for hydroxylation is 1. The molecule has 1 aliphatic heterocycles. The molecule has 0 unspecified atom stereocenters. The van der Waals surface area contributed by atoms with Gasteiger partial charge >= 0.3 is 5.97 Å². The van der Waals surface area contributed by atoms with Crippen molar-refractivity contribution in [1.29, 1.82) is 0 Å². The molecule has 5 rings (SSSR count). The van der Waals surface area contributed by atoms with Gasteiger partial charge in [-0.25, -0.2) is 9.78 Å². The SMILES string of the molecule is Cc1nnc(-c2ccc(Oc3cc(O[C@H]4CCNC4=O)cc(C(=O)Nc4nc(C(=O)O)cs4)c3)cc2)o1. The maximum Gasteiger partial charge on any atom is 0.355 e. The summed E-state index contributed by atoms with van der Waals surface area (Å²) in [6.45, 7) is 2.19. The summed E-state index contributed by atoms with van der Waals surface area (Å²) in [5.74, 6) is -0.160. The van der Waals surface area contributed by atoms with Gasteiger partial charge < -0.3 is 24.3 Å². The Hall–Kier alpha value is -4.78. The first kappa shape index (κ1) is 23.9. The zero-order valence-corrected chi connectivity index (χ0v) is 20.1. The zero-order chi connectivity index (χ0) is 25.9. The summed E-state index contributed by atoms with van der Waals surface area (Å²) in [6, 6.07) is 11.5. The second kappa shape index (κ2) is 10.1. The van der Waals surface area contributed by atoms with Gasteiger partial charge in [0.15, 0.2) is 16.9 Å². The molecule has 3 heterocycles. The minimum Gasteiger partial charge on any atom is -0.480 e. The first-order valence-corrected chi connectivity index (χ1v) is 11.9. The Kier molecular flexibility index (Phi) is 6.51. The van der Waals surface area contributed by atoms with Crippen molar-refractivity contribution in [3.8, 4) is 28.7 Å². The highest BCUT2D eigenvalue weighted by atomic mass is 32.1. The van der Waals surface area contributed by atoms with Gasteiger partial charge in [-0.1, -0.05) is 0 Å². The second-order valence-corrected chi connectivity index (χ2v) is 8.79. The number of thiazole rings is 1. The van der Waals surface area contributed by atoms with E-state index in [4.69, 9.17) is 19.0 Å². The Morgan fingerprint density at radius 2 is 1.92 bits per heavy atom. The number of aromatic carboxylic acids is 1. The van der Waals surface area contributed by atoms with E-state index in [2.05, 4.69) is 25.8 Å². The minimum absolute atomic E-state index is 0.123. The molecule has 2 amide bonds. The quantitative estimate of drug-likeness (QED) is 0.312. The van der Waals surface area contributed by atoms with E-state index in [1.54, 1.807) is 37.3 Å². The first-order valence-electron chi connectivity index (χ1n) is 11.0. The molecule has 1 fully saturated rings. The highest BCUT2D eigenvalue weighted by Gasteiger charge is 2.26. The van der Waals surface area contributed by atoms with Crippen LogP contribution in [0.4, 0.5) is 5.13 Å². The number of hydrogen-bond donors (Lipinski definition) is 3. The van der Waals surface area contributed by atoms with Gasteiger partial charge in [0.1, 0.15) is 17.2 Å². The molecule has 0 aliphatic carbocycles. The molecule has 2 aromatic heterocycles. The standard InChI is InChI=1S/C24H19N5O7S/c1-12-28-29-22(34-12)13-2-4-15(5-3-13)35-16-8-14(9-17(10-16)36-19-6-7-25-21(19)31)20(30)27-24-26-18(11-37-24)23(32)33/h2-5,8-11,19H,6-7H2,1H3,(H,25,31)(H,32,33)(H,26,27,30)/t19-/m0/s1. The lowest BCUT2D eigenvalue weighted by atomic mass is 10.1. The highest BCUT2D eigenvalue weighted by Crippen LogP contribution is 2.31. The zero-order valence-electron chi connectivity index (χ0n) is 19.3. The lowest BCUT2D eigenvalue weighted by molar-refractivity contribution is -0.124. The van der Waals surface area contributed by atoms with Gasteiger partial charge in [-0.3, -0.25) is 14.9 Å². The molecule has 0 radical (unpaired) electrons. The molecule has 2 aromatic carbocycles. The average molecular weight is 522 g/mol. The lowest BCUT2D eigenvalue weighted by Crippen LogP contribution is -2.27. The number of hydrogen-bond acceptors (Lipinski definition) is 10. The minimum atomic E-state index is -1.20. The predicted octanol–water partition coefficient (Wildman–Crippen LogP) is 3.51. The van der Waals surface area contributed by atoms with Crippen LogP contribution in [0.2, 0.25) is 0 Å². The van der Waals surface area contributed by atoms with Crippen LogP contribution in [0.25, 0.3) is 11.5 Å². The average Bonchev–Trinajstić information content (AvgIpc) is 3.62. The molecular formula is C24H19N5O7S. The van der Waals surface area contributed by atoms with Crippen LogP contribution in [-0.4, -0.2) is 50.7 Å². The Balaban J connectivity index is 1.39. The number of nitrogens with zero attached hydrogens (tertiary/aromatic N) is 3. The van der Waals surface area contributed by atoms with E-state index in [1.807, 2.05) is 0 Å². The molecule has 12 nitrogen and oxygen atoms in total. The van der Waals surface area contributed by atoms with Gasteiger partial charge in [0.2, 0.25) is 11.8 Å². The molecule has 0 spiro atoms. The number of amides is 2. The number of carbonyl (C=O) groups excluding carboxylic acids is 2. The smallest absolute Gasteiger partial charge is 0.355 e. The van der Waals surface area contributed by atoms with Gasteiger partial charge in [0, 0.05) is 42.5 Å². The summed E-state index contributed by atoms with van der Waals surface area (Å²) in [4.78, 5) is 39.9. The number of carboxylic acid groups (broad SMARTS) is 1. The third kappa shape index (κ3) is 5.56. The number of nitrogens with one attached hydrogen (secondary N) is 2. The van der Waals surface area contributed by atoms with Crippen LogP contribution in [0, 0.1) is 6.92 Å². The molecule has 0 saturated carbocycles. The van der Waals surface area contributed by atoms with Crippen LogP contribution < -0.4 is 20.1 Å². The fourth-order valence-corrected chi connectivity index (χ4v) is 4.17. The maximum absolute atomic E-state index is 12.9.